The lowest BCUT2D eigenvalue weighted by molar-refractivity contribution is -0.129. The molecule has 2 amide bonds. The maximum Gasteiger partial charge on any atom is 0.257 e. The van der Waals surface area contributed by atoms with E-state index in [0.29, 0.717) is 22.9 Å². The Kier molecular flexibility index (Phi) is 7.17. The van der Waals surface area contributed by atoms with Crippen LogP contribution >= 0.6 is 11.3 Å². The summed E-state index contributed by atoms with van der Waals surface area (Å²) in [7, 11) is 1.81. The van der Waals surface area contributed by atoms with Gasteiger partial charge in [0.05, 0.1) is 12.1 Å². The number of aromatic nitrogens is 1. The second kappa shape index (κ2) is 10.4. The van der Waals surface area contributed by atoms with Crippen molar-refractivity contribution in [2.45, 2.75) is 32.2 Å². The van der Waals surface area contributed by atoms with Gasteiger partial charge in [-0.25, -0.2) is 4.98 Å². The van der Waals surface area contributed by atoms with E-state index >= 15 is 0 Å². The van der Waals surface area contributed by atoms with E-state index in [1.807, 2.05) is 30.6 Å². The average Bonchev–Trinajstić information content (AvgIpc) is 3.27. The van der Waals surface area contributed by atoms with Gasteiger partial charge in [-0.3, -0.25) is 14.9 Å². The van der Waals surface area contributed by atoms with Gasteiger partial charge in [0.1, 0.15) is 0 Å². The van der Waals surface area contributed by atoms with Crippen LogP contribution in [0.25, 0.3) is 0 Å². The van der Waals surface area contributed by atoms with Crippen LogP contribution in [0.5, 0.6) is 0 Å². The summed E-state index contributed by atoms with van der Waals surface area (Å²) in [6.45, 7) is 2.80. The third-order valence-corrected chi connectivity index (χ3v) is 6.45. The molecular formula is C25H28N4O2S. The zero-order chi connectivity index (χ0) is 22.3. The molecule has 0 radical (unpaired) electrons. The standard InChI is InChI=1S/C25H28N4O2S/c1-28(17-19-10-12-22(13-11-19)29-14-6-3-7-15-29)23(30)16-21-18-32-25(26-21)27-24(31)20-8-4-2-5-9-20/h2,4-5,8-13,18H,3,6-7,14-17H2,1H3,(H,26,27,31). The zero-order valence-corrected chi connectivity index (χ0v) is 19.1. The molecule has 2 heterocycles. The largest absolute Gasteiger partial charge is 0.372 e. The number of benzene rings is 2. The van der Waals surface area contributed by atoms with E-state index in [1.165, 1.54) is 36.3 Å². The zero-order valence-electron chi connectivity index (χ0n) is 18.3. The molecular weight excluding hydrogens is 420 g/mol. The smallest absolute Gasteiger partial charge is 0.257 e. The first-order valence-electron chi connectivity index (χ1n) is 11.0. The molecule has 0 atom stereocenters. The number of amides is 2. The van der Waals surface area contributed by atoms with Crippen molar-refractivity contribution in [3.8, 4) is 0 Å². The molecule has 1 fully saturated rings. The van der Waals surface area contributed by atoms with Crippen molar-refractivity contribution in [1.82, 2.24) is 9.88 Å². The van der Waals surface area contributed by atoms with Gasteiger partial charge in [0, 0.05) is 43.3 Å². The van der Waals surface area contributed by atoms with E-state index in [0.717, 1.165) is 18.7 Å². The number of hydrogen-bond acceptors (Lipinski definition) is 5. The number of likely N-dealkylation sites (N-methyl/N-ethyl adjacent to an activating group) is 1. The third kappa shape index (κ3) is 5.73. The highest BCUT2D eigenvalue weighted by atomic mass is 32.1. The number of nitrogens with zero attached hydrogens (tertiary/aromatic N) is 3. The van der Waals surface area contributed by atoms with Crippen molar-refractivity contribution in [2.24, 2.45) is 0 Å². The Bertz CT molecular complexity index is 1040. The highest BCUT2D eigenvalue weighted by Gasteiger charge is 2.15. The minimum absolute atomic E-state index is 0.00339. The average molecular weight is 449 g/mol. The molecule has 1 aromatic heterocycles. The van der Waals surface area contributed by atoms with E-state index < -0.39 is 0 Å². The van der Waals surface area contributed by atoms with Gasteiger partial charge < -0.3 is 9.80 Å². The number of carbonyl (C=O) groups is 2. The van der Waals surface area contributed by atoms with Crippen molar-refractivity contribution in [1.29, 1.82) is 0 Å². The Hall–Kier alpha value is -3.19. The van der Waals surface area contributed by atoms with Crippen molar-refractivity contribution in [2.75, 3.05) is 30.4 Å². The predicted octanol–water partition coefficient (Wildman–Crippen LogP) is 4.59. The number of hydrogen-bond donors (Lipinski definition) is 1. The van der Waals surface area contributed by atoms with Crippen LogP contribution in [0, 0.1) is 0 Å². The highest BCUT2D eigenvalue weighted by Crippen LogP contribution is 2.21. The molecule has 0 unspecified atom stereocenters. The maximum absolute atomic E-state index is 12.7. The first-order chi connectivity index (χ1) is 15.6. The van der Waals surface area contributed by atoms with Crippen LogP contribution < -0.4 is 10.2 Å². The SMILES string of the molecule is CN(Cc1ccc(N2CCCCC2)cc1)C(=O)Cc1csc(NC(=O)c2ccccc2)n1. The van der Waals surface area contributed by atoms with Crippen molar-refractivity contribution < 1.29 is 9.59 Å². The Morgan fingerprint density at radius 3 is 2.47 bits per heavy atom. The van der Waals surface area contributed by atoms with Crippen molar-refractivity contribution >= 4 is 34.0 Å². The summed E-state index contributed by atoms with van der Waals surface area (Å²) in [5, 5.41) is 5.11. The summed E-state index contributed by atoms with van der Waals surface area (Å²) in [6, 6.07) is 17.5. The van der Waals surface area contributed by atoms with Gasteiger partial charge in [-0.2, -0.15) is 0 Å². The number of rotatable bonds is 7. The molecule has 7 heteroatoms. The fraction of sp³-hybridized carbons (Fsp3) is 0.320. The second-order valence-electron chi connectivity index (χ2n) is 8.10. The van der Waals surface area contributed by atoms with E-state index in [2.05, 4.69) is 39.5 Å². The summed E-state index contributed by atoms with van der Waals surface area (Å²) >= 11 is 1.33. The van der Waals surface area contributed by atoms with Gasteiger partial charge in [-0.05, 0) is 49.1 Å². The van der Waals surface area contributed by atoms with E-state index in [9.17, 15) is 9.59 Å². The molecule has 1 aliphatic rings. The molecule has 32 heavy (non-hydrogen) atoms. The molecule has 3 aromatic rings. The number of piperidine rings is 1. The van der Waals surface area contributed by atoms with Crippen LogP contribution in [0.2, 0.25) is 0 Å². The summed E-state index contributed by atoms with van der Waals surface area (Å²) in [5.74, 6) is -0.209. The molecule has 1 saturated heterocycles. The lowest BCUT2D eigenvalue weighted by Crippen LogP contribution is -2.29. The second-order valence-corrected chi connectivity index (χ2v) is 8.96. The van der Waals surface area contributed by atoms with Crippen LogP contribution in [0.1, 0.15) is 40.9 Å². The summed E-state index contributed by atoms with van der Waals surface area (Å²) < 4.78 is 0. The normalized spacial score (nSPS) is 13.6. The first-order valence-corrected chi connectivity index (χ1v) is 11.8. The Balaban J connectivity index is 1.28. The fourth-order valence-electron chi connectivity index (χ4n) is 3.82. The molecule has 6 nitrogen and oxygen atoms in total. The van der Waals surface area contributed by atoms with Crippen LogP contribution in [0.15, 0.2) is 60.0 Å². The van der Waals surface area contributed by atoms with Gasteiger partial charge in [0.25, 0.3) is 5.91 Å². The van der Waals surface area contributed by atoms with E-state index in [4.69, 9.17) is 0 Å². The van der Waals surface area contributed by atoms with Crippen LogP contribution in [0.4, 0.5) is 10.8 Å². The molecule has 1 aliphatic heterocycles. The van der Waals surface area contributed by atoms with E-state index in [1.54, 1.807) is 17.0 Å². The van der Waals surface area contributed by atoms with E-state index in [-0.39, 0.29) is 18.2 Å². The quantitative estimate of drug-likeness (QED) is 0.574. The van der Waals surface area contributed by atoms with Gasteiger partial charge in [-0.1, -0.05) is 30.3 Å². The topological polar surface area (TPSA) is 65.5 Å². The molecule has 166 valence electrons. The van der Waals surface area contributed by atoms with Crippen molar-refractivity contribution in [3.05, 3.63) is 76.8 Å². The minimum Gasteiger partial charge on any atom is -0.372 e. The van der Waals surface area contributed by atoms with Gasteiger partial charge in [-0.15, -0.1) is 11.3 Å². The molecule has 0 aliphatic carbocycles. The third-order valence-electron chi connectivity index (χ3n) is 5.64. The number of nitrogens with one attached hydrogen (secondary N) is 1. The number of thiazole rings is 1. The maximum atomic E-state index is 12.7. The number of carbonyl (C=O) groups excluding carboxylic acids is 2. The van der Waals surface area contributed by atoms with Crippen LogP contribution in [-0.4, -0.2) is 41.8 Å². The van der Waals surface area contributed by atoms with Gasteiger partial charge in [0.2, 0.25) is 5.91 Å². The minimum atomic E-state index is -0.206. The molecule has 1 N–H and O–H groups in total. The Labute approximate surface area is 192 Å². The van der Waals surface area contributed by atoms with Crippen molar-refractivity contribution in [3.63, 3.8) is 0 Å². The highest BCUT2D eigenvalue weighted by molar-refractivity contribution is 7.14. The predicted molar refractivity (Wildman–Crippen MR) is 129 cm³/mol. The fourth-order valence-corrected chi connectivity index (χ4v) is 4.53. The van der Waals surface area contributed by atoms with Crippen LogP contribution in [0.3, 0.4) is 0 Å². The Morgan fingerprint density at radius 1 is 1.03 bits per heavy atom. The Morgan fingerprint density at radius 2 is 1.75 bits per heavy atom. The first kappa shape index (κ1) is 22.0. The molecule has 0 bridgehead atoms. The van der Waals surface area contributed by atoms with Gasteiger partial charge in [0.15, 0.2) is 5.13 Å². The summed E-state index contributed by atoms with van der Waals surface area (Å²) in [4.78, 5) is 33.5. The lowest BCUT2D eigenvalue weighted by atomic mass is 10.1. The molecule has 0 spiro atoms. The van der Waals surface area contributed by atoms with Gasteiger partial charge >= 0.3 is 0 Å². The molecule has 4 rings (SSSR count). The summed E-state index contributed by atoms with van der Waals surface area (Å²) in [5.41, 5.74) is 3.60. The molecule has 2 aromatic carbocycles. The molecule has 0 saturated carbocycles. The lowest BCUT2D eigenvalue weighted by Gasteiger charge is -2.29. The summed E-state index contributed by atoms with van der Waals surface area (Å²) in [6.07, 6.45) is 4.04. The van der Waals surface area contributed by atoms with Crippen LogP contribution in [-0.2, 0) is 17.8 Å². The monoisotopic (exact) mass is 448 g/mol. The number of anilines is 2.